The van der Waals surface area contributed by atoms with Crippen molar-refractivity contribution >= 4 is 17.9 Å². The summed E-state index contributed by atoms with van der Waals surface area (Å²) in [5, 5.41) is 8.50. The van der Waals surface area contributed by atoms with Gasteiger partial charge in [-0.25, -0.2) is 5.48 Å². The molecule has 1 aliphatic rings. The summed E-state index contributed by atoms with van der Waals surface area (Å²) in [6, 6.07) is 7.34. The van der Waals surface area contributed by atoms with Gasteiger partial charge >= 0.3 is 0 Å². The summed E-state index contributed by atoms with van der Waals surface area (Å²) in [5.74, 6) is 0.108. The summed E-state index contributed by atoms with van der Waals surface area (Å²) in [7, 11) is 0. The van der Waals surface area contributed by atoms with Crippen molar-refractivity contribution in [3.05, 3.63) is 35.9 Å². The number of hydroxylamine groups is 1. The Hall–Kier alpha value is -2.34. The Labute approximate surface area is 129 Å². The topological polar surface area (TPSA) is 78.9 Å². The number of rotatable bonds is 4. The quantitative estimate of drug-likeness (QED) is 0.503. The van der Waals surface area contributed by atoms with Crippen molar-refractivity contribution < 1.29 is 19.5 Å². The lowest BCUT2D eigenvalue weighted by Crippen LogP contribution is -2.43. The molecule has 0 unspecified atom stereocenters. The fourth-order valence-electron chi connectivity index (χ4n) is 2.43. The molecule has 6 heteroatoms. The zero-order chi connectivity index (χ0) is 15.9. The minimum atomic E-state index is -0.602. The fourth-order valence-corrected chi connectivity index (χ4v) is 2.43. The molecule has 118 valence electrons. The van der Waals surface area contributed by atoms with E-state index in [9.17, 15) is 9.59 Å². The fraction of sp³-hybridized carbons (Fsp3) is 0.375. The molecule has 2 rings (SSSR count). The van der Waals surface area contributed by atoms with E-state index >= 15 is 0 Å². The predicted octanol–water partition coefficient (Wildman–Crippen LogP) is 1.59. The average Bonchev–Trinajstić information content (AvgIpc) is 2.54. The summed E-state index contributed by atoms with van der Waals surface area (Å²) in [6.45, 7) is 2.91. The zero-order valence-corrected chi connectivity index (χ0v) is 12.5. The van der Waals surface area contributed by atoms with E-state index in [1.165, 1.54) is 6.08 Å². The molecule has 0 aromatic heterocycles. The number of ether oxygens (including phenoxy) is 1. The second-order valence-corrected chi connectivity index (χ2v) is 5.19. The van der Waals surface area contributed by atoms with Crippen LogP contribution in [0.4, 0.5) is 0 Å². The molecule has 0 bridgehead atoms. The van der Waals surface area contributed by atoms with Crippen LogP contribution in [0.1, 0.15) is 25.3 Å². The molecule has 2 amide bonds. The molecule has 1 saturated heterocycles. The van der Waals surface area contributed by atoms with Gasteiger partial charge in [0.15, 0.2) is 0 Å². The van der Waals surface area contributed by atoms with Gasteiger partial charge in [0.1, 0.15) is 11.9 Å². The summed E-state index contributed by atoms with van der Waals surface area (Å²) in [4.78, 5) is 24.3. The third-order valence-electron chi connectivity index (χ3n) is 3.56. The Morgan fingerprint density at radius 2 is 2.18 bits per heavy atom. The van der Waals surface area contributed by atoms with Crippen LogP contribution in [-0.4, -0.2) is 41.1 Å². The molecule has 2 N–H and O–H groups in total. The van der Waals surface area contributed by atoms with Crippen LogP contribution in [0, 0.1) is 0 Å². The number of para-hydroxylation sites is 1. The molecule has 1 aromatic carbocycles. The molecular weight excluding hydrogens is 284 g/mol. The van der Waals surface area contributed by atoms with Crippen LogP contribution in [0.2, 0.25) is 0 Å². The van der Waals surface area contributed by atoms with E-state index in [0.717, 1.165) is 24.9 Å². The van der Waals surface area contributed by atoms with Crippen LogP contribution in [0.15, 0.2) is 30.3 Å². The third kappa shape index (κ3) is 4.33. The molecule has 0 spiro atoms. The number of nitrogens with one attached hydrogen (secondary N) is 1. The molecule has 0 radical (unpaired) electrons. The van der Waals surface area contributed by atoms with Gasteiger partial charge in [-0.05, 0) is 25.0 Å². The highest BCUT2D eigenvalue weighted by Crippen LogP contribution is 2.23. The van der Waals surface area contributed by atoms with Crippen LogP contribution in [0.3, 0.4) is 0 Å². The van der Waals surface area contributed by atoms with E-state index in [1.807, 2.05) is 24.3 Å². The van der Waals surface area contributed by atoms with Gasteiger partial charge in [0.25, 0.3) is 5.91 Å². The molecule has 22 heavy (non-hydrogen) atoms. The van der Waals surface area contributed by atoms with Gasteiger partial charge in [-0.15, -0.1) is 0 Å². The smallest absolute Gasteiger partial charge is 0.267 e. The summed E-state index contributed by atoms with van der Waals surface area (Å²) in [6.07, 6.45) is 4.55. The number of hydrogen-bond donors (Lipinski definition) is 2. The lowest BCUT2D eigenvalue weighted by atomic mass is 10.1. The van der Waals surface area contributed by atoms with Crippen LogP contribution >= 0.6 is 0 Å². The number of carbonyl (C=O) groups is 2. The van der Waals surface area contributed by atoms with E-state index in [1.54, 1.807) is 23.4 Å². The van der Waals surface area contributed by atoms with Crippen LogP contribution in [0.25, 0.3) is 6.08 Å². The molecule has 6 nitrogen and oxygen atoms in total. The molecule has 1 fully saturated rings. The number of amides is 2. The van der Waals surface area contributed by atoms with Crippen LogP contribution < -0.4 is 10.2 Å². The zero-order valence-electron chi connectivity index (χ0n) is 12.5. The van der Waals surface area contributed by atoms with Gasteiger partial charge in [0.05, 0.1) is 6.54 Å². The van der Waals surface area contributed by atoms with Crippen molar-refractivity contribution in [3.63, 3.8) is 0 Å². The lowest BCUT2D eigenvalue weighted by molar-refractivity contribution is -0.131. The summed E-state index contributed by atoms with van der Waals surface area (Å²) in [5.41, 5.74) is 2.29. The Morgan fingerprint density at radius 3 is 2.91 bits per heavy atom. The highest BCUT2D eigenvalue weighted by molar-refractivity contribution is 5.91. The van der Waals surface area contributed by atoms with Gasteiger partial charge in [-0.3, -0.25) is 14.8 Å². The van der Waals surface area contributed by atoms with Gasteiger partial charge in [0, 0.05) is 25.1 Å². The van der Waals surface area contributed by atoms with Gasteiger partial charge in [0.2, 0.25) is 5.91 Å². The number of benzene rings is 1. The second kappa shape index (κ2) is 7.61. The maximum Gasteiger partial charge on any atom is 0.267 e. The molecule has 1 heterocycles. The highest BCUT2D eigenvalue weighted by atomic mass is 16.5. The maximum absolute atomic E-state index is 11.5. The Balaban J connectivity index is 2.07. The average molecular weight is 304 g/mol. The molecule has 1 aliphatic heterocycles. The van der Waals surface area contributed by atoms with Crippen LogP contribution in [-0.2, 0) is 9.59 Å². The first kappa shape index (κ1) is 16.0. The van der Waals surface area contributed by atoms with E-state index < -0.39 is 5.91 Å². The molecule has 0 aliphatic carbocycles. The van der Waals surface area contributed by atoms with E-state index in [-0.39, 0.29) is 12.0 Å². The minimum absolute atomic E-state index is 0.0566. The van der Waals surface area contributed by atoms with Crippen molar-refractivity contribution in [3.8, 4) is 5.75 Å². The summed E-state index contributed by atoms with van der Waals surface area (Å²) < 4.78 is 5.99. The van der Waals surface area contributed by atoms with Crippen molar-refractivity contribution in [1.82, 2.24) is 10.4 Å². The van der Waals surface area contributed by atoms with Gasteiger partial charge in [-0.1, -0.05) is 18.2 Å². The predicted molar refractivity (Wildman–Crippen MR) is 81.3 cm³/mol. The third-order valence-corrected chi connectivity index (χ3v) is 3.56. The van der Waals surface area contributed by atoms with E-state index in [0.29, 0.717) is 12.3 Å². The van der Waals surface area contributed by atoms with Crippen molar-refractivity contribution in [2.75, 3.05) is 13.1 Å². The van der Waals surface area contributed by atoms with Gasteiger partial charge in [-0.2, -0.15) is 0 Å². The summed E-state index contributed by atoms with van der Waals surface area (Å²) >= 11 is 0. The maximum atomic E-state index is 11.5. The monoisotopic (exact) mass is 304 g/mol. The highest BCUT2D eigenvalue weighted by Gasteiger charge is 2.23. The normalized spacial score (nSPS) is 18.3. The minimum Gasteiger partial charge on any atom is -0.488 e. The standard InChI is InChI=1S/C16H20N2O4/c1-12(19)18-10-4-6-14(11-18)22-15-7-3-2-5-13(15)8-9-16(20)17-21/h2-3,5,7-9,14,21H,4,6,10-11H2,1H3,(H,17,20)/b9-8+/t14-/m1/s1. The van der Waals surface area contributed by atoms with Crippen molar-refractivity contribution in [2.45, 2.75) is 25.9 Å². The number of hydrogen-bond acceptors (Lipinski definition) is 4. The lowest BCUT2D eigenvalue weighted by Gasteiger charge is -2.32. The van der Waals surface area contributed by atoms with Crippen molar-refractivity contribution in [2.24, 2.45) is 0 Å². The Kier molecular flexibility index (Phi) is 5.55. The molecular formula is C16H20N2O4. The number of nitrogens with zero attached hydrogens (tertiary/aromatic N) is 1. The number of carbonyl (C=O) groups excluding carboxylic acids is 2. The van der Waals surface area contributed by atoms with Crippen molar-refractivity contribution in [1.29, 1.82) is 0 Å². The second-order valence-electron chi connectivity index (χ2n) is 5.19. The van der Waals surface area contributed by atoms with Gasteiger partial charge < -0.3 is 9.64 Å². The first-order chi connectivity index (χ1) is 10.6. The Morgan fingerprint density at radius 1 is 1.41 bits per heavy atom. The first-order valence-electron chi connectivity index (χ1n) is 7.23. The SMILES string of the molecule is CC(=O)N1CCC[C@@H](Oc2ccccc2/C=C/C(=O)NO)C1. The molecule has 1 atom stereocenters. The van der Waals surface area contributed by atoms with E-state index in [4.69, 9.17) is 9.94 Å². The number of likely N-dealkylation sites (tertiary alicyclic amines) is 1. The molecule has 0 saturated carbocycles. The first-order valence-corrected chi connectivity index (χ1v) is 7.23. The van der Waals surface area contributed by atoms with E-state index in [2.05, 4.69) is 0 Å². The largest absolute Gasteiger partial charge is 0.488 e. The number of piperidine rings is 1. The molecule has 1 aromatic rings. The van der Waals surface area contributed by atoms with Crippen LogP contribution in [0.5, 0.6) is 5.75 Å². The Bertz CT molecular complexity index is 571.